The molecule has 0 aromatic carbocycles. The van der Waals surface area contributed by atoms with Gasteiger partial charge in [-0.15, -0.1) is 0 Å². The molecule has 1 N–H and O–H groups in total. The van der Waals surface area contributed by atoms with E-state index in [1.165, 1.54) is 0 Å². The van der Waals surface area contributed by atoms with Crippen molar-refractivity contribution in [3.63, 3.8) is 0 Å². The minimum atomic E-state index is 0.124. The molecule has 1 aromatic rings. The summed E-state index contributed by atoms with van der Waals surface area (Å²) in [6, 6.07) is 0. The monoisotopic (exact) mass is 195 g/mol. The molecule has 14 heavy (non-hydrogen) atoms. The summed E-state index contributed by atoms with van der Waals surface area (Å²) >= 11 is 0. The molecule has 1 aromatic heterocycles. The molecule has 1 heterocycles. The number of nitrogens with zero attached hydrogens (tertiary/aromatic N) is 3. The second kappa shape index (κ2) is 3.05. The highest BCUT2D eigenvalue weighted by atomic mass is 16.3. The Morgan fingerprint density at radius 3 is 2.64 bits per heavy atom. The Morgan fingerprint density at radius 1 is 1.50 bits per heavy atom. The van der Waals surface area contributed by atoms with Gasteiger partial charge in [-0.3, -0.25) is 4.68 Å². The van der Waals surface area contributed by atoms with Gasteiger partial charge >= 0.3 is 0 Å². The Morgan fingerprint density at radius 2 is 2.21 bits per heavy atom. The van der Waals surface area contributed by atoms with Crippen LogP contribution in [-0.2, 0) is 6.54 Å². The van der Waals surface area contributed by atoms with E-state index in [4.69, 9.17) is 0 Å². The van der Waals surface area contributed by atoms with Crippen LogP contribution in [-0.4, -0.2) is 26.5 Å². The number of rotatable bonds is 4. The highest BCUT2D eigenvalue weighted by Crippen LogP contribution is 2.65. The Bertz CT molecular complexity index is 307. The predicted octanol–water partition coefficient (Wildman–Crippen LogP) is 1.08. The van der Waals surface area contributed by atoms with Gasteiger partial charge in [0.1, 0.15) is 12.7 Å². The van der Waals surface area contributed by atoms with E-state index in [1.807, 2.05) is 4.68 Å². The number of aliphatic hydroxyl groups excluding tert-OH is 1. The van der Waals surface area contributed by atoms with Gasteiger partial charge in [-0.05, 0) is 18.3 Å². The first kappa shape index (κ1) is 9.65. The molecule has 2 rings (SSSR count). The zero-order chi connectivity index (χ0) is 10.2. The van der Waals surface area contributed by atoms with E-state index in [1.54, 1.807) is 12.7 Å². The maximum Gasteiger partial charge on any atom is 0.137 e. The molecule has 1 atom stereocenters. The number of aliphatic hydroxyl groups is 1. The fourth-order valence-electron chi connectivity index (χ4n) is 2.25. The van der Waals surface area contributed by atoms with Crippen molar-refractivity contribution in [1.82, 2.24) is 14.8 Å². The summed E-state index contributed by atoms with van der Waals surface area (Å²) in [5.74, 6) is 0. The highest BCUT2D eigenvalue weighted by molar-refractivity contribution is 5.08. The van der Waals surface area contributed by atoms with E-state index in [0.29, 0.717) is 5.41 Å². The van der Waals surface area contributed by atoms with Gasteiger partial charge in [0.2, 0.25) is 0 Å². The van der Waals surface area contributed by atoms with Crippen LogP contribution in [0.25, 0.3) is 0 Å². The molecular weight excluding hydrogens is 178 g/mol. The SMILES string of the molecule is CC1(C)CC1(CO)CCn1cncn1. The average Bonchev–Trinajstić information content (AvgIpc) is 2.56. The fourth-order valence-corrected chi connectivity index (χ4v) is 2.25. The Hall–Kier alpha value is -0.900. The third kappa shape index (κ3) is 1.43. The Balaban J connectivity index is 1.92. The minimum absolute atomic E-state index is 0.124. The van der Waals surface area contributed by atoms with E-state index in [9.17, 15) is 5.11 Å². The van der Waals surface area contributed by atoms with Gasteiger partial charge in [0, 0.05) is 18.6 Å². The van der Waals surface area contributed by atoms with E-state index >= 15 is 0 Å². The van der Waals surface area contributed by atoms with Crippen LogP contribution in [0.5, 0.6) is 0 Å². The summed E-state index contributed by atoms with van der Waals surface area (Å²) in [5, 5.41) is 13.4. The lowest BCUT2D eigenvalue weighted by molar-refractivity contribution is 0.165. The van der Waals surface area contributed by atoms with Crippen molar-refractivity contribution in [2.24, 2.45) is 10.8 Å². The van der Waals surface area contributed by atoms with Crippen molar-refractivity contribution in [2.45, 2.75) is 33.2 Å². The van der Waals surface area contributed by atoms with Crippen molar-refractivity contribution in [3.05, 3.63) is 12.7 Å². The van der Waals surface area contributed by atoms with Gasteiger partial charge in [-0.1, -0.05) is 13.8 Å². The normalized spacial score (nSPS) is 29.1. The van der Waals surface area contributed by atoms with Crippen LogP contribution in [0.3, 0.4) is 0 Å². The molecule has 1 saturated carbocycles. The first-order valence-electron chi connectivity index (χ1n) is 5.03. The maximum atomic E-state index is 9.38. The van der Waals surface area contributed by atoms with Crippen LogP contribution in [0.15, 0.2) is 12.7 Å². The molecule has 0 bridgehead atoms. The number of hydrogen-bond acceptors (Lipinski definition) is 3. The Labute approximate surface area is 84.0 Å². The number of aromatic nitrogens is 3. The lowest BCUT2D eigenvalue weighted by Crippen LogP contribution is -2.17. The summed E-state index contributed by atoms with van der Waals surface area (Å²) in [6.45, 7) is 5.56. The molecule has 0 amide bonds. The molecular formula is C10H17N3O. The van der Waals surface area contributed by atoms with Gasteiger partial charge in [-0.2, -0.15) is 5.10 Å². The largest absolute Gasteiger partial charge is 0.396 e. The molecule has 0 saturated heterocycles. The topological polar surface area (TPSA) is 50.9 Å². The van der Waals surface area contributed by atoms with Crippen LogP contribution in [0.2, 0.25) is 0 Å². The number of hydrogen-bond donors (Lipinski definition) is 1. The fraction of sp³-hybridized carbons (Fsp3) is 0.800. The summed E-state index contributed by atoms with van der Waals surface area (Å²) in [7, 11) is 0. The molecule has 0 aliphatic heterocycles. The standard InChI is InChI=1S/C10H17N3O/c1-9(2)5-10(9,6-14)3-4-13-8-11-7-12-13/h7-8,14H,3-6H2,1-2H3. The highest BCUT2D eigenvalue weighted by Gasteiger charge is 2.59. The third-order valence-electron chi connectivity index (χ3n) is 3.68. The van der Waals surface area contributed by atoms with Gasteiger partial charge in [0.05, 0.1) is 0 Å². The first-order valence-corrected chi connectivity index (χ1v) is 5.03. The second-order valence-corrected chi connectivity index (χ2v) is 4.91. The average molecular weight is 195 g/mol. The van der Waals surface area contributed by atoms with Crippen molar-refractivity contribution in [1.29, 1.82) is 0 Å². The van der Waals surface area contributed by atoms with Gasteiger partial charge in [-0.25, -0.2) is 4.98 Å². The molecule has 1 unspecified atom stereocenters. The van der Waals surface area contributed by atoms with Gasteiger partial charge in [0.25, 0.3) is 0 Å². The van der Waals surface area contributed by atoms with Crippen LogP contribution < -0.4 is 0 Å². The van der Waals surface area contributed by atoms with Crippen LogP contribution >= 0.6 is 0 Å². The summed E-state index contributed by atoms with van der Waals surface area (Å²) in [6.07, 6.45) is 5.37. The molecule has 1 fully saturated rings. The minimum Gasteiger partial charge on any atom is -0.396 e. The van der Waals surface area contributed by atoms with Crippen molar-refractivity contribution in [2.75, 3.05) is 6.61 Å². The van der Waals surface area contributed by atoms with Crippen LogP contribution in [0, 0.1) is 10.8 Å². The lowest BCUT2D eigenvalue weighted by atomic mass is 9.93. The van der Waals surface area contributed by atoms with Crippen LogP contribution in [0.4, 0.5) is 0 Å². The third-order valence-corrected chi connectivity index (χ3v) is 3.68. The molecule has 0 radical (unpaired) electrons. The second-order valence-electron chi connectivity index (χ2n) is 4.91. The summed E-state index contributed by atoms with van der Waals surface area (Å²) in [5.41, 5.74) is 0.418. The van der Waals surface area contributed by atoms with Gasteiger partial charge < -0.3 is 5.11 Å². The van der Waals surface area contributed by atoms with Crippen LogP contribution in [0.1, 0.15) is 26.7 Å². The molecule has 0 spiro atoms. The van der Waals surface area contributed by atoms with E-state index in [-0.39, 0.29) is 12.0 Å². The summed E-state index contributed by atoms with van der Waals surface area (Å²) in [4.78, 5) is 3.89. The van der Waals surface area contributed by atoms with Crippen molar-refractivity contribution >= 4 is 0 Å². The molecule has 1 aliphatic carbocycles. The lowest BCUT2D eigenvalue weighted by Gasteiger charge is -2.17. The maximum absolute atomic E-state index is 9.38. The number of aryl methyl sites for hydroxylation is 1. The van der Waals surface area contributed by atoms with E-state index < -0.39 is 0 Å². The quantitative estimate of drug-likeness (QED) is 0.782. The summed E-state index contributed by atoms with van der Waals surface area (Å²) < 4.78 is 1.83. The zero-order valence-electron chi connectivity index (χ0n) is 8.77. The molecule has 4 nitrogen and oxygen atoms in total. The first-order chi connectivity index (χ1) is 6.60. The van der Waals surface area contributed by atoms with E-state index in [2.05, 4.69) is 23.9 Å². The predicted molar refractivity (Wildman–Crippen MR) is 52.6 cm³/mol. The molecule has 78 valence electrons. The Kier molecular flexibility index (Phi) is 2.10. The smallest absolute Gasteiger partial charge is 0.137 e. The van der Waals surface area contributed by atoms with Gasteiger partial charge in [0.15, 0.2) is 0 Å². The molecule has 4 heteroatoms. The van der Waals surface area contributed by atoms with E-state index in [0.717, 1.165) is 19.4 Å². The van der Waals surface area contributed by atoms with Crippen molar-refractivity contribution in [3.8, 4) is 0 Å². The zero-order valence-corrected chi connectivity index (χ0v) is 8.77. The molecule has 1 aliphatic rings. The van der Waals surface area contributed by atoms with Crippen molar-refractivity contribution < 1.29 is 5.11 Å².